The van der Waals surface area contributed by atoms with Crippen molar-refractivity contribution in [1.82, 2.24) is 15.2 Å². The molecule has 1 atom stereocenters. The highest BCUT2D eigenvalue weighted by Gasteiger charge is 2.28. The highest BCUT2D eigenvalue weighted by atomic mass is 32.2. The van der Waals surface area contributed by atoms with E-state index >= 15 is 0 Å². The second kappa shape index (κ2) is 7.59. The van der Waals surface area contributed by atoms with Gasteiger partial charge in [-0.3, -0.25) is 9.71 Å². The molecular formula is C18H26N6O2S. The summed E-state index contributed by atoms with van der Waals surface area (Å²) in [5.41, 5.74) is 2.82. The summed E-state index contributed by atoms with van der Waals surface area (Å²) in [6, 6.07) is 3.91. The molecule has 1 saturated heterocycles. The molecule has 8 nitrogen and oxygen atoms in total. The van der Waals surface area contributed by atoms with Crippen molar-refractivity contribution in [1.29, 1.82) is 0 Å². The monoisotopic (exact) mass is 390 g/mol. The predicted molar refractivity (Wildman–Crippen MR) is 109 cm³/mol. The lowest BCUT2D eigenvalue weighted by Crippen LogP contribution is -2.35. The number of likely N-dealkylation sites (tertiary alicyclic amines) is 1. The van der Waals surface area contributed by atoms with Crippen LogP contribution in [-0.2, 0) is 10.0 Å². The molecule has 2 N–H and O–H groups in total. The van der Waals surface area contributed by atoms with Crippen LogP contribution in [0.4, 0.5) is 11.5 Å². The SMILES string of the molecule is CN=C1NC=C/C1=C(/C)N1CC[C@@H](N(C)c2ccc(NS(C)(=O)=O)cn2)C1. The van der Waals surface area contributed by atoms with Gasteiger partial charge in [0.25, 0.3) is 0 Å². The molecule has 2 aliphatic rings. The number of sulfonamides is 1. The Hall–Kier alpha value is -2.55. The van der Waals surface area contributed by atoms with Crippen LogP contribution in [-0.4, -0.2) is 63.6 Å². The summed E-state index contributed by atoms with van der Waals surface area (Å²) in [5.74, 6) is 1.73. The zero-order chi connectivity index (χ0) is 19.6. The lowest BCUT2D eigenvalue weighted by atomic mass is 10.2. The minimum Gasteiger partial charge on any atom is -0.372 e. The molecule has 146 valence electrons. The van der Waals surface area contributed by atoms with E-state index in [9.17, 15) is 8.42 Å². The summed E-state index contributed by atoms with van der Waals surface area (Å²) in [6.07, 6.45) is 7.68. The Bertz CT molecular complexity index is 889. The number of allylic oxidation sites excluding steroid dienone is 1. The van der Waals surface area contributed by atoms with E-state index < -0.39 is 10.0 Å². The molecule has 0 amide bonds. The molecule has 9 heteroatoms. The first-order valence-electron chi connectivity index (χ1n) is 8.81. The number of nitrogens with one attached hydrogen (secondary N) is 2. The summed E-state index contributed by atoms with van der Waals surface area (Å²) in [5, 5.41) is 3.16. The molecule has 0 radical (unpaired) electrons. The number of amidine groups is 1. The zero-order valence-corrected chi connectivity index (χ0v) is 16.9. The van der Waals surface area contributed by atoms with E-state index in [1.54, 1.807) is 19.3 Å². The van der Waals surface area contributed by atoms with Crippen LogP contribution in [0.5, 0.6) is 0 Å². The number of hydrogen-bond acceptors (Lipinski definition) is 6. The van der Waals surface area contributed by atoms with E-state index in [0.717, 1.165) is 43.0 Å². The first-order valence-corrected chi connectivity index (χ1v) is 10.7. The van der Waals surface area contributed by atoms with Gasteiger partial charge in [0.15, 0.2) is 0 Å². The number of hydrogen-bond donors (Lipinski definition) is 2. The molecule has 2 aliphatic heterocycles. The van der Waals surface area contributed by atoms with E-state index in [0.29, 0.717) is 11.7 Å². The number of likely N-dealkylation sites (N-methyl/N-ethyl adjacent to an activating group) is 1. The fourth-order valence-electron chi connectivity index (χ4n) is 3.43. The van der Waals surface area contributed by atoms with E-state index in [1.807, 2.05) is 19.3 Å². The van der Waals surface area contributed by atoms with Crippen molar-refractivity contribution >= 4 is 27.4 Å². The third-order valence-electron chi connectivity index (χ3n) is 4.94. The molecule has 1 fully saturated rings. The Morgan fingerprint density at radius 2 is 2.22 bits per heavy atom. The van der Waals surface area contributed by atoms with Crippen LogP contribution >= 0.6 is 0 Å². The molecule has 0 bridgehead atoms. The van der Waals surface area contributed by atoms with Gasteiger partial charge in [-0.25, -0.2) is 13.4 Å². The third-order valence-corrected chi connectivity index (χ3v) is 5.54. The van der Waals surface area contributed by atoms with Gasteiger partial charge in [-0.05, 0) is 31.6 Å². The molecule has 0 aromatic carbocycles. The van der Waals surface area contributed by atoms with Gasteiger partial charge in [-0.2, -0.15) is 0 Å². The molecule has 1 aromatic heterocycles. The van der Waals surface area contributed by atoms with Crippen LogP contribution in [0, 0.1) is 0 Å². The van der Waals surface area contributed by atoms with Gasteiger partial charge in [-0.1, -0.05) is 0 Å². The van der Waals surface area contributed by atoms with E-state index in [4.69, 9.17) is 0 Å². The van der Waals surface area contributed by atoms with Gasteiger partial charge >= 0.3 is 0 Å². The average molecular weight is 391 g/mol. The summed E-state index contributed by atoms with van der Waals surface area (Å²) in [6.45, 7) is 4.01. The van der Waals surface area contributed by atoms with Crippen LogP contribution in [0.3, 0.4) is 0 Å². The minimum absolute atomic E-state index is 0.335. The van der Waals surface area contributed by atoms with Gasteiger partial charge in [0, 0.05) is 50.7 Å². The van der Waals surface area contributed by atoms with Crippen molar-refractivity contribution in [2.75, 3.05) is 43.1 Å². The van der Waals surface area contributed by atoms with Gasteiger partial charge in [-0.15, -0.1) is 0 Å². The first-order chi connectivity index (χ1) is 12.8. The van der Waals surface area contributed by atoms with E-state index in [1.165, 1.54) is 5.70 Å². The van der Waals surface area contributed by atoms with Gasteiger partial charge in [0.2, 0.25) is 10.0 Å². The summed E-state index contributed by atoms with van der Waals surface area (Å²) >= 11 is 0. The smallest absolute Gasteiger partial charge is 0.229 e. The lowest BCUT2D eigenvalue weighted by Gasteiger charge is -2.27. The molecule has 0 aliphatic carbocycles. The Kier molecular flexibility index (Phi) is 5.41. The van der Waals surface area contributed by atoms with Crippen LogP contribution in [0.25, 0.3) is 0 Å². The molecular weight excluding hydrogens is 364 g/mol. The Balaban J connectivity index is 1.68. The maximum absolute atomic E-state index is 11.3. The zero-order valence-electron chi connectivity index (χ0n) is 16.1. The van der Waals surface area contributed by atoms with Gasteiger partial charge in [0.05, 0.1) is 18.1 Å². The van der Waals surface area contributed by atoms with Crippen LogP contribution in [0.15, 0.2) is 46.9 Å². The predicted octanol–water partition coefficient (Wildman–Crippen LogP) is 1.38. The largest absolute Gasteiger partial charge is 0.372 e. The molecule has 3 rings (SSSR count). The van der Waals surface area contributed by atoms with Crippen molar-refractivity contribution in [3.05, 3.63) is 41.9 Å². The highest BCUT2D eigenvalue weighted by molar-refractivity contribution is 7.92. The maximum atomic E-state index is 11.3. The number of rotatable bonds is 5. The normalized spacial score (nSPS) is 22.9. The third kappa shape index (κ3) is 4.41. The molecule has 0 spiro atoms. The van der Waals surface area contributed by atoms with Crippen LogP contribution in [0.1, 0.15) is 13.3 Å². The number of pyridine rings is 1. The number of aromatic nitrogens is 1. The molecule has 0 unspecified atom stereocenters. The first kappa shape index (κ1) is 19.2. The van der Waals surface area contributed by atoms with Crippen molar-refractivity contribution in [3.63, 3.8) is 0 Å². The van der Waals surface area contributed by atoms with E-state index in [-0.39, 0.29) is 0 Å². The van der Waals surface area contributed by atoms with Crippen molar-refractivity contribution in [3.8, 4) is 0 Å². The fourth-order valence-corrected chi connectivity index (χ4v) is 3.98. The van der Waals surface area contributed by atoms with Gasteiger partial charge < -0.3 is 15.1 Å². The van der Waals surface area contributed by atoms with Crippen LogP contribution < -0.4 is 14.9 Å². The van der Waals surface area contributed by atoms with Gasteiger partial charge in [0.1, 0.15) is 11.7 Å². The van der Waals surface area contributed by atoms with Crippen LogP contribution in [0.2, 0.25) is 0 Å². The Labute approximate surface area is 160 Å². The number of nitrogens with zero attached hydrogens (tertiary/aromatic N) is 4. The lowest BCUT2D eigenvalue weighted by molar-refractivity contribution is 0.417. The minimum atomic E-state index is -3.29. The fraction of sp³-hybridized carbons (Fsp3) is 0.444. The molecule has 1 aromatic rings. The second-order valence-corrected chi connectivity index (χ2v) is 8.58. The Morgan fingerprint density at radius 3 is 2.85 bits per heavy atom. The van der Waals surface area contributed by atoms with Crippen molar-refractivity contribution in [2.45, 2.75) is 19.4 Å². The summed E-state index contributed by atoms with van der Waals surface area (Å²) in [4.78, 5) is 13.2. The highest BCUT2D eigenvalue weighted by Crippen LogP contribution is 2.25. The average Bonchev–Trinajstić information content (AvgIpc) is 3.29. The van der Waals surface area contributed by atoms with Crippen molar-refractivity contribution < 1.29 is 8.42 Å². The number of aliphatic imine (C=N–C) groups is 1. The second-order valence-electron chi connectivity index (χ2n) is 6.83. The summed E-state index contributed by atoms with van der Waals surface area (Å²) < 4.78 is 25.0. The molecule has 27 heavy (non-hydrogen) atoms. The summed E-state index contributed by atoms with van der Waals surface area (Å²) in [7, 11) is 0.522. The standard InChI is InChI=1S/C18H26N6O2S/c1-13(16-7-9-20-18(16)19-2)24-10-8-15(12-24)23(3)17-6-5-14(11-21-17)22-27(4,25)26/h5-7,9,11,15,22H,8,10,12H2,1-4H3,(H,19,20)/b16-13+/t15-/m1/s1. The Morgan fingerprint density at radius 1 is 1.44 bits per heavy atom. The topological polar surface area (TPSA) is 89.9 Å². The molecule has 3 heterocycles. The maximum Gasteiger partial charge on any atom is 0.229 e. The van der Waals surface area contributed by atoms with Crippen molar-refractivity contribution in [2.24, 2.45) is 4.99 Å². The van der Waals surface area contributed by atoms with E-state index in [2.05, 4.69) is 42.8 Å². The quantitative estimate of drug-likeness (QED) is 0.790. The molecule has 0 saturated carbocycles. The number of anilines is 2.